The van der Waals surface area contributed by atoms with E-state index < -0.39 is 35.1 Å². The number of hydrogen-bond acceptors (Lipinski definition) is 7. The largest absolute Gasteiger partial charge is 0.507 e. The van der Waals surface area contributed by atoms with E-state index in [-0.39, 0.29) is 34.4 Å². The number of aromatic hydroxyl groups is 1. The van der Waals surface area contributed by atoms with Crippen molar-refractivity contribution in [3.8, 4) is 11.5 Å². The van der Waals surface area contributed by atoms with Crippen molar-refractivity contribution in [1.82, 2.24) is 0 Å². The average Bonchev–Trinajstić information content (AvgIpc) is 2.47. The summed E-state index contributed by atoms with van der Waals surface area (Å²) in [6, 6.07) is 2.47. The van der Waals surface area contributed by atoms with Crippen LogP contribution in [0.2, 0.25) is 0 Å². The molecule has 4 N–H and O–H groups in total. The maximum atomic E-state index is 12.7. The number of carbonyl (C=O) groups is 2. The second-order valence-electron chi connectivity index (χ2n) is 6.03. The first kappa shape index (κ1) is 15.7. The number of aliphatic hydroxyl groups is 3. The molecule has 2 aliphatic rings. The highest BCUT2D eigenvalue weighted by atomic mass is 16.5. The molecular formula is C16H16O7. The third-order valence-electron chi connectivity index (χ3n) is 4.38. The Balaban J connectivity index is 2.27. The Bertz CT molecular complexity index is 760. The fourth-order valence-electron chi connectivity index (χ4n) is 3.18. The molecule has 0 heterocycles. The van der Waals surface area contributed by atoms with Crippen LogP contribution >= 0.6 is 0 Å². The van der Waals surface area contributed by atoms with Gasteiger partial charge in [-0.1, -0.05) is 0 Å². The van der Waals surface area contributed by atoms with Gasteiger partial charge >= 0.3 is 0 Å². The van der Waals surface area contributed by atoms with Gasteiger partial charge in [0, 0.05) is 29.2 Å². The van der Waals surface area contributed by atoms with Crippen molar-refractivity contribution in [1.29, 1.82) is 0 Å². The maximum Gasteiger partial charge on any atom is 0.196 e. The van der Waals surface area contributed by atoms with Crippen molar-refractivity contribution < 1.29 is 34.8 Å². The predicted molar refractivity (Wildman–Crippen MR) is 77.6 cm³/mol. The molecule has 0 saturated heterocycles. The van der Waals surface area contributed by atoms with Gasteiger partial charge in [0.25, 0.3) is 0 Å². The monoisotopic (exact) mass is 320 g/mol. The van der Waals surface area contributed by atoms with E-state index in [0.29, 0.717) is 0 Å². The van der Waals surface area contributed by atoms with Crippen LogP contribution < -0.4 is 4.74 Å². The number of aliphatic hydroxyl groups excluding tert-OH is 2. The fourth-order valence-corrected chi connectivity index (χ4v) is 3.18. The van der Waals surface area contributed by atoms with Crippen molar-refractivity contribution in [3.63, 3.8) is 0 Å². The first-order chi connectivity index (χ1) is 10.7. The van der Waals surface area contributed by atoms with Crippen molar-refractivity contribution in [2.45, 2.75) is 31.2 Å². The Morgan fingerprint density at radius 1 is 1.17 bits per heavy atom. The summed E-state index contributed by atoms with van der Waals surface area (Å²) in [6.45, 7) is 1.28. The standard InChI is InChI=1S/C16H16O7/c1-16(22)5-9(18)11-12(15(16)21)13(19)7-3-6(23-2)4-8(17)10(7)14(11)20/h3-4,9,15,17-18,21-22H,5H2,1-2H3/t9-,15-,16+/m0/s1. The predicted octanol–water partition coefficient (Wildman–Crippen LogP) is -0.0471. The number of phenols is 1. The maximum absolute atomic E-state index is 12.7. The Hall–Kier alpha value is -2.22. The lowest BCUT2D eigenvalue weighted by molar-refractivity contribution is -0.0758. The van der Waals surface area contributed by atoms with E-state index in [4.69, 9.17) is 4.74 Å². The average molecular weight is 320 g/mol. The van der Waals surface area contributed by atoms with Gasteiger partial charge in [-0.2, -0.15) is 0 Å². The number of hydrogen-bond donors (Lipinski definition) is 4. The minimum absolute atomic E-state index is 0.130. The number of Topliss-reactive ketones (excluding diaryl/α,β-unsaturated/α-hetero) is 2. The second kappa shape index (κ2) is 4.89. The van der Waals surface area contributed by atoms with Gasteiger partial charge in [0.15, 0.2) is 11.6 Å². The second-order valence-corrected chi connectivity index (χ2v) is 6.03. The third-order valence-corrected chi connectivity index (χ3v) is 4.38. The van der Waals surface area contributed by atoms with E-state index in [0.717, 1.165) is 0 Å². The van der Waals surface area contributed by atoms with Gasteiger partial charge in [0.2, 0.25) is 0 Å². The van der Waals surface area contributed by atoms with Crippen LogP contribution in [-0.2, 0) is 0 Å². The molecule has 0 spiro atoms. The topological polar surface area (TPSA) is 124 Å². The molecule has 1 aromatic rings. The number of rotatable bonds is 1. The molecule has 2 aliphatic carbocycles. The molecule has 23 heavy (non-hydrogen) atoms. The smallest absolute Gasteiger partial charge is 0.196 e. The van der Waals surface area contributed by atoms with Gasteiger partial charge in [-0.3, -0.25) is 9.59 Å². The summed E-state index contributed by atoms with van der Waals surface area (Å²) in [4.78, 5) is 25.3. The molecule has 0 fully saturated rings. The number of ether oxygens (including phenoxy) is 1. The summed E-state index contributed by atoms with van der Waals surface area (Å²) < 4.78 is 4.97. The number of fused-ring (bicyclic) bond motifs is 1. The van der Waals surface area contributed by atoms with Gasteiger partial charge in [0.1, 0.15) is 17.6 Å². The van der Waals surface area contributed by atoms with Gasteiger partial charge in [-0.25, -0.2) is 0 Å². The molecule has 3 rings (SSSR count). The lowest BCUT2D eigenvalue weighted by atomic mass is 9.69. The molecule has 0 amide bonds. The quantitative estimate of drug-likeness (QED) is 0.572. The summed E-state index contributed by atoms with van der Waals surface area (Å²) >= 11 is 0. The molecule has 0 unspecified atom stereocenters. The number of carbonyl (C=O) groups excluding carboxylic acids is 2. The number of benzene rings is 1. The molecule has 1 aromatic carbocycles. The van der Waals surface area contributed by atoms with Gasteiger partial charge < -0.3 is 25.2 Å². The Kier molecular flexibility index (Phi) is 3.33. The minimum atomic E-state index is -1.74. The Morgan fingerprint density at radius 2 is 1.83 bits per heavy atom. The minimum Gasteiger partial charge on any atom is -0.507 e. The Labute approximate surface area is 131 Å². The van der Waals surface area contributed by atoms with Gasteiger partial charge in [0.05, 0.1) is 24.4 Å². The normalized spacial score (nSPS) is 30.1. The molecule has 3 atom stereocenters. The highest BCUT2D eigenvalue weighted by molar-refractivity contribution is 6.29. The van der Waals surface area contributed by atoms with E-state index in [1.165, 1.54) is 26.2 Å². The van der Waals surface area contributed by atoms with Crippen molar-refractivity contribution in [2.75, 3.05) is 7.11 Å². The molecule has 0 radical (unpaired) electrons. The van der Waals surface area contributed by atoms with Crippen LogP contribution in [-0.4, -0.2) is 56.9 Å². The molecular weight excluding hydrogens is 304 g/mol. The molecule has 0 bridgehead atoms. The van der Waals surface area contributed by atoms with Crippen molar-refractivity contribution in [3.05, 3.63) is 34.4 Å². The molecule has 0 aromatic heterocycles. The van der Waals surface area contributed by atoms with Crippen molar-refractivity contribution >= 4 is 11.6 Å². The van der Waals surface area contributed by atoms with Crippen molar-refractivity contribution in [2.24, 2.45) is 0 Å². The zero-order valence-corrected chi connectivity index (χ0v) is 12.5. The number of methoxy groups -OCH3 is 1. The molecule has 0 aliphatic heterocycles. The molecule has 7 heteroatoms. The highest BCUT2D eigenvalue weighted by Gasteiger charge is 2.50. The van der Waals surface area contributed by atoms with Crippen LogP contribution in [0.4, 0.5) is 0 Å². The van der Waals surface area contributed by atoms with Gasteiger partial charge in [-0.15, -0.1) is 0 Å². The van der Waals surface area contributed by atoms with Crippen LogP contribution in [0, 0.1) is 0 Å². The van der Waals surface area contributed by atoms with E-state index >= 15 is 0 Å². The van der Waals surface area contributed by atoms with E-state index in [1.54, 1.807) is 0 Å². The third kappa shape index (κ3) is 2.08. The first-order valence-corrected chi connectivity index (χ1v) is 7.02. The summed E-state index contributed by atoms with van der Waals surface area (Å²) in [5, 5.41) is 40.6. The lowest BCUT2D eigenvalue weighted by Gasteiger charge is -2.40. The highest BCUT2D eigenvalue weighted by Crippen LogP contribution is 2.43. The summed E-state index contributed by atoms with van der Waals surface area (Å²) in [6.07, 6.45) is -3.31. The van der Waals surface area contributed by atoms with E-state index in [1.807, 2.05) is 0 Å². The lowest BCUT2D eigenvalue weighted by Crippen LogP contribution is -2.52. The van der Waals surface area contributed by atoms with Crippen LogP contribution in [0.3, 0.4) is 0 Å². The summed E-state index contributed by atoms with van der Waals surface area (Å²) in [5.74, 6) is -1.74. The molecule has 0 saturated carbocycles. The molecule has 7 nitrogen and oxygen atoms in total. The van der Waals surface area contributed by atoms with Crippen LogP contribution in [0.15, 0.2) is 23.3 Å². The zero-order valence-electron chi connectivity index (χ0n) is 12.5. The summed E-state index contributed by atoms with van der Waals surface area (Å²) in [5.41, 5.74) is -2.72. The van der Waals surface area contributed by atoms with Crippen LogP contribution in [0.5, 0.6) is 11.5 Å². The zero-order chi connectivity index (χ0) is 17.1. The fraction of sp³-hybridized carbons (Fsp3) is 0.375. The molecule has 122 valence electrons. The summed E-state index contributed by atoms with van der Waals surface area (Å²) in [7, 11) is 1.34. The first-order valence-electron chi connectivity index (χ1n) is 7.02. The Morgan fingerprint density at radius 3 is 2.43 bits per heavy atom. The van der Waals surface area contributed by atoms with Crippen LogP contribution in [0.25, 0.3) is 0 Å². The number of ketones is 2. The van der Waals surface area contributed by atoms with E-state index in [2.05, 4.69) is 0 Å². The van der Waals surface area contributed by atoms with E-state index in [9.17, 15) is 30.0 Å². The van der Waals surface area contributed by atoms with Crippen LogP contribution in [0.1, 0.15) is 34.1 Å². The SMILES string of the molecule is COc1cc(O)c2c(c1)C(=O)C1=C(C2=O)[C@@H](O)C[C@@](C)(O)[C@H]1O. The number of phenolic OH excluding ortho intramolecular Hbond substituents is 1. The van der Waals surface area contributed by atoms with Gasteiger partial charge in [-0.05, 0) is 13.0 Å².